The van der Waals surface area contributed by atoms with Crippen LogP contribution in [0.4, 0.5) is 0 Å². The Kier molecular flexibility index (Phi) is 5.54. The van der Waals surface area contributed by atoms with E-state index in [4.69, 9.17) is 0 Å². The van der Waals surface area contributed by atoms with Crippen molar-refractivity contribution in [3.05, 3.63) is 65.0 Å². The van der Waals surface area contributed by atoms with Crippen molar-refractivity contribution in [1.29, 1.82) is 0 Å². The van der Waals surface area contributed by atoms with Crippen molar-refractivity contribution in [1.82, 2.24) is 4.72 Å². The topological polar surface area (TPSA) is 66.4 Å². The number of aliphatic hydroxyl groups is 1. The molecule has 0 aliphatic carbocycles. The molecule has 0 saturated carbocycles. The number of nitrogens with one attached hydrogen (secondary N) is 1. The van der Waals surface area contributed by atoms with E-state index in [0.29, 0.717) is 10.6 Å². The third-order valence-electron chi connectivity index (χ3n) is 4.14. The smallest absolute Gasteiger partial charge is 0.250 e. The lowest BCUT2D eigenvalue weighted by Crippen LogP contribution is -2.25. The third kappa shape index (κ3) is 4.10. The summed E-state index contributed by atoms with van der Waals surface area (Å²) in [6.45, 7) is 2.18. The molecule has 0 fully saturated rings. The van der Waals surface area contributed by atoms with Crippen molar-refractivity contribution in [2.24, 2.45) is 0 Å². The fourth-order valence-corrected chi connectivity index (χ4v) is 5.18. The van der Waals surface area contributed by atoms with Gasteiger partial charge in [-0.15, -0.1) is 11.3 Å². The SMILES string of the molecule is CCc1ccc(S(=O)(=O)NCCC(O)c2cccc3ccccc23)s1. The average Bonchev–Trinajstić information content (AvgIpc) is 3.11. The van der Waals surface area contributed by atoms with E-state index < -0.39 is 16.1 Å². The lowest BCUT2D eigenvalue weighted by molar-refractivity contribution is 0.170. The van der Waals surface area contributed by atoms with E-state index in [-0.39, 0.29) is 6.54 Å². The second kappa shape index (κ2) is 7.66. The Morgan fingerprint density at radius 1 is 1.08 bits per heavy atom. The Bertz CT molecular complexity index is 958. The lowest BCUT2D eigenvalue weighted by Gasteiger charge is -2.14. The molecule has 25 heavy (non-hydrogen) atoms. The summed E-state index contributed by atoms with van der Waals surface area (Å²) in [5.41, 5.74) is 0.821. The summed E-state index contributed by atoms with van der Waals surface area (Å²) in [6.07, 6.45) is 0.419. The normalized spacial score (nSPS) is 13.2. The van der Waals surface area contributed by atoms with E-state index in [2.05, 4.69) is 4.72 Å². The van der Waals surface area contributed by atoms with Gasteiger partial charge >= 0.3 is 0 Å². The highest BCUT2D eigenvalue weighted by atomic mass is 32.2. The van der Waals surface area contributed by atoms with Gasteiger partial charge < -0.3 is 5.11 Å². The number of hydrogen-bond donors (Lipinski definition) is 2. The lowest BCUT2D eigenvalue weighted by atomic mass is 9.99. The van der Waals surface area contributed by atoms with Crippen molar-refractivity contribution in [2.75, 3.05) is 6.54 Å². The molecule has 3 rings (SSSR count). The van der Waals surface area contributed by atoms with Crippen LogP contribution in [-0.4, -0.2) is 20.1 Å². The van der Waals surface area contributed by atoms with Gasteiger partial charge in [0, 0.05) is 11.4 Å². The fourth-order valence-electron chi connectivity index (χ4n) is 2.79. The molecule has 0 bridgehead atoms. The van der Waals surface area contributed by atoms with Gasteiger partial charge in [-0.25, -0.2) is 13.1 Å². The van der Waals surface area contributed by atoms with E-state index in [0.717, 1.165) is 27.6 Å². The number of fused-ring (bicyclic) bond motifs is 1. The Hall–Kier alpha value is -1.73. The van der Waals surface area contributed by atoms with Crippen LogP contribution in [-0.2, 0) is 16.4 Å². The van der Waals surface area contributed by atoms with E-state index >= 15 is 0 Å². The summed E-state index contributed by atoms with van der Waals surface area (Å²) in [7, 11) is -3.51. The molecule has 0 saturated heterocycles. The predicted molar refractivity (Wildman–Crippen MR) is 102 cm³/mol. The van der Waals surface area contributed by atoms with Gasteiger partial charge in [-0.2, -0.15) is 0 Å². The number of thiophene rings is 1. The number of rotatable bonds is 7. The Balaban J connectivity index is 1.67. The van der Waals surface area contributed by atoms with Gasteiger partial charge in [0.1, 0.15) is 4.21 Å². The van der Waals surface area contributed by atoms with E-state index in [9.17, 15) is 13.5 Å². The number of benzene rings is 2. The van der Waals surface area contributed by atoms with Crippen LogP contribution in [0.1, 0.15) is 29.9 Å². The molecular weight excluding hydrogens is 354 g/mol. The standard InChI is InChI=1S/C19H21NO3S2/c1-2-15-10-11-19(24-15)25(22,23)20-13-12-18(21)17-9-5-7-14-6-3-4-8-16(14)17/h3-11,18,20-21H,2,12-13H2,1H3. The first-order valence-electron chi connectivity index (χ1n) is 8.25. The van der Waals surface area contributed by atoms with Crippen LogP contribution < -0.4 is 4.72 Å². The highest BCUT2D eigenvalue weighted by Crippen LogP contribution is 2.26. The van der Waals surface area contributed by atoms with Crippen LogP contribution in [0.2, 0.25) is 0 Å². The molecule has 132 valence electrons. The highest BCUT2D eigenvalue weighted by molar-refractivity contribution is 7.91. The summed E-state index contributed by atoms with van der Waals surface area (Å²) in [4.78, 5) is 1.04. The first-order chi connectivity index (χ1) is 12.0. The minimum absolute atomic E-state index is 0.187. The minimum Gasteiger partial charge on any atom is -0.388 e. The van der Waals surface area contributed by atoms with Gasteiger partial charge in [-0.3, -0.25) is 0 Å². The fraction of sp³-hybridized carbons (Fsp3) is 0.263. The van der Waals surface area contributed by atoms with Crippen molar-refractivity contribution in [2.45, 2.75) is 30.1 Å². The molecule has 0 spiro atoms. The van der Waals surface area contributed by atoms with Crippen molar-refractivity contribution in [3.63, 3.8) is 0 Å². The summed E-state index contributed by atoms with van der Waals surface area (Å²) in [5.74, 6) is 0. The predicted octanol–water partition coefficient (Wildman–Crippen LogP) is 3.87. The van der Waals surface area contributed by atoms with Crippen LogP contribution >= 0.6 is 11.3 Å². The second-order valence-corrected chi connectivity index (χ2v) is 9.01. The van der Waals surface area contributed by atoms with E-state index in [1.54, 1.807) is 6.07 Å². The average molecular weight is 376 g/mol. The molecule has 0 aliphatic heterocycles. The monoisotopic (exact) mass is 375 g/mol. The summed E-state index contributed by atoms with van der Waals surface area (Å²) < 4.78 is 27.5. The molecule has 3 aromatic rings. The van der Waals surface area contributed by atoms with Crippen molar-refractivity contribution in [3.8, 4) is 0 Å². The zero-order valence-electron chi connectivity index (χ0n) is 14.0. The maximum Gasteiger partial charge on any atom is 0.250 e. The molecule has 4 nitrogen and oxygen atoms in total. The Morgan fingerprint density at radius 3 is 2.60 bits per heavy atom. The molecule has 2 N–H and O–H groups in total. The molecule has 1 heterocycles. The summed E-state index contributed by atoms with van der Waals surface area (Å²) in [5, 5.41) is 12.5. The van der Waals surface area contributed by atoms with Crippen LogP contribution in [0.15, 0.2) is 58.8 Å². The number of aryl methyl sites for hydroxylation is 1. The first-order valence-corrected chi connectivity index (χ1v) is 10.6. The zero-order chi connectivity index (χ0) is 17.9. The van der Waals surface area contributed by atoms with E-state index in [1.165, 1.54) is 11.3 Å². The van der Waals surface area contributed by atoms with Gasteiger partial charge in [0.15, 0.2) is 0 Å². The number of hydrogen-bond acceptors (Lipinski definition) is 4. The van der Waals surface area contributed by atoms with E-state index in [1.807, 2.05) is 55.5 Å². The highest BCUT2D eigenvalue weighted by Gasteiger charge is 2.17. The number of aliphatic hydroxyl groups excluding tert-OH is 1. The third-order valence-corrected chi connectivity index (χ3v) is 7.32. The molecule has 0 radical (unpaired) electrons. The quantitative estimate of drug-likeness (QED) is 0.659. The summed E-state index contributed by atoms with van der Waals surface area (Å²) in [6, 6.07) is 17.1. The molecule has 0 aliphatic rings. The first kappa shape index (κ1) is 18.1. The molecule has 0 amide bonds. The van der Waals surface area contributed by atoms with Gasteiger partial charge in [-0.1, -0.05) is 49.4 Å². The molecule has 6 heteroatoms. The van der Waals surface area contributed by atoms with Gasteiger partial charge in [-0.05, 0) is 41.3 Å². The Morgan fingerprint density at radius 2 is 1.84 bits per heavy atom. The molecular formula is C19H21NO3S2. The molecule has 1 atom stereocenters. The maximum absolute atomic E-state index is 12.3. The maximum atomic E-state index is 12.3. The van der Waals surface area contributed by atoms with Gasteiger partial charge in [0.25, 0.3) is 0 Å². The minimum atomic E-state index is -3.51. The van der Waals surface area contributed by atoms with Crippen LogP contribution in [0, 0.1) is 0 Å². The largest absolute Gasteiger partial charge is 0.388 e. The number of sulfonamides is 1. The van der Waals surface area contributed by atoms with Crippen LogP contribution in [0.25, 0.3) is 10.8 Å². The summed E-state index contributed by atoms with van der Waals surface area (Å²) >= 11 is 1.28. The van der Waals surface area contributed by atoms with Crippen molar-refractivity contribution < 1.29 is 13.5 Å². The second-order valence-electron chi connectivity index (χ2n) is 5.84. The zero-order valence-corrected chi connectivity index (χ0v) is 15.6. The van der Waals surface area contributed by atoms with Gasteiger partial charge in [0.05, 0.1) is 6.10 Å². The van der Waals surface area contributed by atoms with Crippen LogP contribution in [0.5, 0.6) is 0 Å². The van der Waals surface area contributed by atoms with Gasteiger partial charge in [0.2, 0.25) is 10.0 Å². The van der Waals surface area contributed by atoms with Crippen molar-refractivity contribution >= 4 is 32.1 Å². The molecule has 1 unspecified atom stereocenters. The van der Waals surface area contributed by atoms with Crippen LogP contribution in [0.3, 0.4) is 0 Å². The molecule has 1 aromatic heterocycles. The Labute approximate surface area is 152 Å². The molecule has 2 aromatic carbocycles.